The highest BCUT2D eigenvalue weighted by atomic mass is 32.2. The zero-order chi connectivity index (χ0) is 19.8. The van der Waals surface area contributed by atoms with Crippen LogP contribution in [0.4, 0.5) is 4.79 Å². The standard InChI is InChI=1S/C19H24N4O4S/c1-2-8-27-19(26)21-6-4-14(11-21)22-7-3-12(16(22)24)10-13-5-9-28-18-15(20)17(25)23(13)18/h2,5,10,14-15,18H,1,3-4,6-9,11,20H2/t14-,15?,18?/m0/s1. The number of likely N-dealkylation sites (tertiary alicyclic amines) is 2. The minimum absolute atomic E-state index is 0.00242. The molecule has 3 atom stereocenters. The van der Waals surface area contributed by atoms with Gasteiger partial charge in [-0.2, -0.15) is 0 Å². The number of thioether (sulfide) groups is 1. The molecule has 3 saturated heterocycles. The summed E-state index contributed by atoms with van der Waals surface area (Å²) in [5.41, 5.74) is 7.35. The van der Waals surface area contributed by atoms with E-state index in [0.717, 1.165) is 17.9 Å². The van der Waals surface area contributed by atoms with Gasteiger partial charge in [0.05, 0.1) is 6.04 Å². The number of β-lactam (4-membered cyclic amide) rings is 1. The normalized spacial score (nSPS) is 31.0. The summed E-state index contributed by atoms with van der Waals surface area (Å²) < 4.78 is 5.08. The molecule has 4 heterocycles. The van der Waals surface area contributed by atoms with E-state index in [1.807, 2.05) is 17.1 Å². The predicted octanol–water partition coefficient (Wildman–Crippen LogP) is 0.668. The van der Waals surface area contributed by atoms with Gasteiger partial charge in [0.15, 0.2) is 0 Å². The van der Waals surface area contributed by atoms with Crippen molar-refractivity contribution in [2.75, 3.05) is 32.0 Å². The maximum Gasteiger partial charge on any atom is 0.410 e. The van der Waals surface area contributed by atoms with Crippen molar-refractivity contribution in [2.45, 2.75) is 30.3 Å². The van der Waals surface area contributed by atoms with Gasteiger partial charge in [-0.15, -0.1) is 11.8 Å². The van der Waals surface area contributed by atoms with Crippen LogP contribution in [0.25, 0.3) is 0 Å². The van der Waals surface area contributed by atoms with E-state index in [4.69, 9.17) is 10.5 Å². The third kappa shape index (κ3) is 3.22. The van der Waals surface area contributed by atoms with Gasteiger partial charge in [-0.3, -0.25) is 14.5 Å². The lowest BCUT2D eigenvalue weighted by molar-refractivity contribution is -0.141. The SMILES string of the molecule is C=CCOC(=O)N1CC[C@H](N2CCC(=CC3=CCSC4C(N)C(=O)N34)C2=O)C1. The van der Waals surface area contributed by atoms with Crippen LogP contribution < -0.4 is 5.73 Å². The van der Waals surface area contributed by atoms with E-state index in [2.05, 4.69) is 6.58 Å². The van der Waals surface area contributed by atoms with Gasteiger partial charge in [0.2, 0.25) is 11.8 Å². The number of hydrogen-bond acceptors (Lipinski definition) is 6. The fourth-order valence-corrected chi connectivity index (χ4v) is 5.24. The fraction of sp³-hybridized carbons (Fsp3) is 0.526. The molecule has 0 radical (unpaired) electrons. The smallest absolute Gasteiger partial charge is 0.410 e. The summed E-state index contributed by atoms with van der Waals surface area (Å²) >= 11 is 1.64. The van der Waals surface area contributed by atoms with Crippen LogP contribution in [0.2, 0.25) is 0 Å². The van der Waals surface area contributed by atoms with Crippen LogP contribution in [-0.4, -0.2) is 82.1 Å². The number of allylic oxidation sites excluding steroid dienone is 1. The Morgan fingerprint density at radius 2 is 2.21 bits per heavy atom. The summed E-state index contributed by atoms with van der Waals surface area (Å²) in [7, 11) is 0. The largest absolute Gasteiger partial charge is 0.445 e. The molecule has 4 aliphatic rings. The van der Waals surface area contributed by atoms with E-state index < -0.39 is 6.04 Å². The molecule has 0 aromatic rings. The van der Waals surface area contributed by atoms with Crippen molar-refractivity contribution in [1.82, 2.24) is 14.7 Å². The molecule has 150 valence electrons. The summed E-state index contributed by atoms with van der Waals surface area (Å²) in [6.45, 7) is 5.41. The van der Waals surface area contributed by atoms with Crippen LogP contribution in [0, 0.1) is 0 Å². The van der Waals surface area contributed by atoms with Gasteiger partial charge in [0.1, 0.15) is 18.0 Å². The molecule has 0 bridgehead atoms. The molecule has 0 aliphatic carbocycles. The summed E-state index contributed by atoms with van der Waals surface area (Å²) in [6, 6.07) is -0.453. The van der Waals surface area contributed by atoms with Crippen LogP contribution in [0.15, 0.2) is 36.1 Å². The number of hydrogen-bond donors (Lipinski definition) is 1. The second-order valence-corrected chi connectivity index (χ2v) is 8.41. The van der Waals surface area contributed by atoms with Crippen LogP contribution in [-0.2, 0) is 14.3 Å². The third-order valence-corrected chi connectivity index (χ3v) is 6.79. The molecule has 3 fully saturated rings. The average Bonchev–Trinajstić information content (AvgIpc) is 3.32. The number of rotatable bonds is 4. The van der Waals surface area contributed by atoms with Crippen molar-refractivity contribution in [1.29, 1.82) is 0 Å². The summed E-state index contributed by atoms with van der Waals surface area (Å²) in [5.74, 6) is 0.676. The molecule has 2 N–H and O–H groups in total. The molecule has 0 saturated carbocycles. The Balaban J connectivity index is 1.40. The van der Waals surface area contributed by atoms with Crippen LogP contribution in [0.5, 0.6) is 0 Å². The zero-order valence-electron chi connectivity index (χ0n) is 15.6. The molecule has 0 aromatic carbocycles. The predicted molar refractivity (Wildman–Crippen MR) is 105 cm³/mol. The number of fused-ring (bicyclic) bond motifs is 1. The van der Waals surface area contributed by atoms with Crippen molar-refractivity contribution >= 4 is 29.7 Å². The molecular weight excluding hydrogens is 380 g/mol. The first-order valence-corrected chi connectivity index (χ1v) is 10.5. The first kappa shape index (κ1) is 19.1. The lowest BCUT2D eigenvalue weighted by atomic mass is 10.0. The van der Waals surface area contributed by atoms with Gasteiger partial charge < -0.3 is 20.3 Å². The molecule has 28 heavy (non-hydrogen) atoms. The van der Waals surface area contributed by atoms with Crippen molar-refractivity contribution in [3.05, 3.63) is 36.1 Å². The highest BCUT2D eigenvalue weighted by molar-refractivity contribution is 8.00. The second kappa shape index (κ2) is 7.63. The highest BCUT2D eigenvalue weighted by Gasteiger charge is 2.48. The summed E-state index contributed by atoms with van der Waals surface area (Å²) in [6.07, 6.45) is 6.35. The van der Waals surface area contributed by atoms with E-state index in [9.17, 15) is 14.4 Å². The lowest BCUT2D eigenvalue weighted by Crippen LogP contribution is -2.67. The Bertz CT molecular complexity index is 780. The van der Waals surface area contributed by atoms with Crippen LogP contribution in [0.3, 0.4) is 0 Å². The topological polar surface area (TPSA) is 96.2 Å². The molecule has 2 unspecified atom stereocenters. The van der Waals surface area contributed by atoms with Crippen LogP contribution >= 0.6 is 11.8 Å². The van der Waals surface area contributed by atoms with E-state index in [-0.39, 0.29) is 35.9 Å². The molecular formula is C19H24N4O4S. The molecule has 3 amide bonds. The Morgan fingerprint density at radius 1 is 1.39 bits per heavy atom. The Kier molecular flexibility index (Phi) is 5.20. The number of nitrogens with two attached hydrogens (primary N) is 1. The minimum atomic E-state index is -0.451. The maximum absolute atomic E-state index is 12.9. The number of carbonyl (C=O) groups is 3. The molecule has 4 aliphatic heterocycles. The van der Waals surface area contributed by atoms with Gasteiger partial charge >= 0.3 is 6.09 Å². The van der Waals surface area contributed by atoms with E-state index in [1.54, 1.807) is 21.6 Å². The first-order valence-electron chi connectivity index (χ1n) is 9.46. The van der Waals surface area contributed by atoms with E-state index >= 15 is 0 Å². The molecule has 0 spiro atoms. The van der Waals surface area contributed by atoms with E-state index in [1.165, 1.54) is 6.08 Å². The highest BCUT2D eigenvalue weighted by Crippen LogP contribution is 2.38. The van der Waals surface area contributed by atoms with Crippen LogP contribution in [0.1, 0.15) is 12.8 Å². The molecule has 9 heteroatoms. The Morgan fingerprint density at radius 3 is 3.00 bits per heavy atom. The monoisotopic (exact) mass is 404 g/mol. The van der Waals surface area contributed by atoms with Crippen molar-refractivity contribution in [3.8, 4) is 0 Å². The van der Waals surface area contributed by atoms with Crippen molar-refractivity contribution in [2.24, 2.45) is 5.73 Å². The second-order valence-electron chi connectivity index (χ2n) is 7.26. The van der Waals surface area contributed by atoms with Gasteiger partial charge in [-0.05, 0) is 18.9 Å². The number of amides is 3. The molecule has 4 rings (SSSR count). The fourth-order valence-electron chi connectivity index (χ4n) is 4.08. The molecule has 8 nitrogen and oxygen atoms in total. The van der Waals surface area contributed by atoms with Crippen molar-refractivity contribution < 1.29 is 19.1 Å². The quantitative estimate of drug-likeness (QED) is 0.420. The zero-order valence-corrected chi connectivity index (χ0v) is 16.4. The van der Waals surface area contributed by atoms with Gasteiger partial charge in [0.25, 0.3) is 0 Å². The minimum Gasteiger partial charge on any atom is -0.445 e. The van der Waals surface area contributed by atoms with Gasteiger partial charge in [-0.25, -0.2) is 4.79 Å². The number of ether oxygens (including phenoxy) is 1. The Labute approximate surface area is 168 Å². The third-order valence-electron chi connectivity index (χ3n) is 5.59. The first-order chi connectivity index (χ1) is 13.5. The number of nitrogens with zero attached hydrogens (tertiary/aromatic N) is 3. The maximum atomic E-state index is 12.9. The van der Waals surface area contributed by atoms with Crippen molar-refractivity contribution in [3.63, 3.8) is 0 Å². The number of carbonyl (C=O) groups excluding carboxylic acids is 3. The van der Waals surface area contributed by atoms with Gasteiger partial charge in [0, 0.05) is 36.7 Å². The van der Waals surface area contributed by atoms with Gasteiger partial charge in [-0.1, -0.05) is 18.7 Å². The summed E-state index contributed by atoms with van der Waals surface area (Å²) in [5, 5.41) is -0.0260. The summed E-state index contributed by atoms with van der Waals surface area (Å²) in [4.78, 5) is 42.1. The average molecular weight is 404 g/mol. The lowest BCUT2D eigenvalue weighted by Gasteiger charge is -2.47. The van der Waals surface area contributed by atoms with E-state index in [0.29, 0.717) is 31.6 Å². The molecule has 0 aromatic heterocycles. The Hall–Kier alpha value is -2.26.